The highest BCUT2D eigenvalue weighted by molar-refractivity contribution is 7.91. The van der Waals surface area contributed by atoms with Crippen LogP contribution in [-0.2, 0) is 10.2 Å². The number of amidine groups is 2. The largest absolute Gasteiger partial charge is 0.490 e. The van der Waals surface area contributed by atoms with Crippen molar-refractivity contribution in [3.8, 4) is 5.75 Å². The number of nitrogen functional groups attached to an aromatic ring is 1. The molecule has 2 heterocycles. The molecule has 2 aliphatic heterocycles. The summed E-state index contributed by atoms with van der Waals surface area (Å²) >= 11 is 0. The summed E-state index contributed by atoms with van der Waals surface area (Å²) in [5.41, 5.74) is 8.16. The molecule has 0 spiro atoms. The summed E-state index contributed by atoms with van der Waals surface area (Å²) in [6.45, 7) is 5.06. The van der Waals surface area contributed by atoms with Gasteiger partial charge in [0.25, 0.3) is 5.91 Å². The fourth-order valence-corrected chi connectivity index (χ4v) is 5.62. The first-order valence-corrected chi connectivity index (χ1v) is 13.0. The maximum Gasteiger partial charge on any atom is 0.326 e. The minimum Gasteiger partial charge on any atom is -0.490 e. The monoisotopic (exact) mass is 510 g/mol. The van der Waals surface area contributed by atoms with Crippen LogP contribution in [0.1, 0.15) is 48.2 Å². The molecule has 1 saturated heterocycles. The van der Waals surface area contributed by atoms with Gasteiger partial charge in [0.1, 0.15) is 17.7 Å². The SMILES string of the molecule is CC(=N)N1CCC(Oc2ccc3c(c2)C(=O)NS(=O)(=O)N3C/C(C)=C\c2cccc(C(=N)N)c2)CC1. The molecule has 2 aromatic carbocycles. The zero-order valence-electron chi connectivity index (χ0n) is 20.2. The zero-order chi connectivity index (χ0) is 26.0. The van der Waals surface area contributed by atoms with E-state index in [1.165, 1.54) is 4.31 Å². The second-order valence-electron chi connectivity index (χ2n) is 9.04. The molecule has 0 atom stereocenters. The molecule has 0 bridgehead atoms. The van der Waals surface area contributed by atoms with E-state index in [1.807, 2.05) is 17.0 Å². The maximum absolute atomic E-state index is 12.8. The number of carbonyl (C=O) groups is 1. The quantitative estimate of drug-likeness (QED) is 0.346. The lowest BCUT2D eigenvalue weighted by atomic mass is 10.1. The second kappa shape index (κ2) is 10.0. The Labute approximate surface area is 210 Å². The lowest BCUT2D eigenvalue weighted by Gasteiger charge is -2.33. The van der Waals surface area contributed by atoms with Gasteiger partial charge in [-0.15, -0.1) is 0 Å². The van der Waals surface area contributed by atoms with Crippen LogP contribution in [0.2, 0.25) is 0 Å². The first-order valence-electron chi connectivity index (χ1n) is 11.6. The number of carbonyl (C=O) groups excluding carboxylic acids is 1. The highest BCUT2D eigenvalue weighted by atomic mass is 32.2. The van der Waals surface area contributed by atoms with Crippen molar-refractivity contribution in [2.45, 2.75) is 32.8 Å². The molecular formula is C25H30N6O4S. The number of nitrogens with two attached hydrogens (primary N) is 1. The van der Waals surface area contributed by atoms with E-state index in [0.29, 0.717) is 17.1 Å². The Kier molecular flexibility index (Phi) is 7.02. The Morgan fingerprint density at radius 1 is 1.17 bits per heavy atom. The number of ether oxygens (including phenoxy) is 1. The van der Waals surface area contributed by atoms with E-state index in [1.54, 1.807) is 50.2 Å². The molecule has 4 rings (SSSR count). The Balaban J connectivity index is 1.55. The number of piperidine rings is 1. The molecule has 190 valence electrons. The van der Waals surface area contributed by atoms with Crippen molar-refractivity contribution in [3.05, 3.63) is 64.7 Å². The summed E-state index contributed by atoms with van der Waals surface area (Å²) in [6, 6.07) is 12.0. The molecule has 2 aromatic rings. The minimum absolute atomic E-state index is 0.0293. The van der Waals surface area contributed by atoms with Gasteiger partial charge in [0, 0.05) is 31.5 Å². The predicted molar refractivity (Wildman–Crippen MR) is 140 cm³/mol. The number of nitrogens with one attached hydrogen (secondary N) is 3. The molecule has 0 aromatic heterocycles. The molecule has 0 aliphatic carbocycles. The first kappa shape index (κ1) is 25.2. The highest BCUT2D eigenvalue weighted by Gasteiger charge is 2.35. The van der Waals surface area contributed by atoms with Gasteiger partial charge in [-0.05, 0) is 43.7 Å². The van der Waals surface area contributed by atoms with Crippen molar-refractivity contribution < 1.29 is 17.9 Å². The standard InChI is InChI=1S/C25H30N6O4S/c1-16(12-18-4-3-5-19(13-18)24(27)28)15-31-23-7-6-21(14-22(23)25(32)29-36(31,33)34)35-20-8-10-30(11-9-20)17(2)26/h3-7,12-14,20,26H,8-11,15H2,1-2H3,(H3,27,28)(H,29,32)/b16-12-,26-17?. The number of nitrogens with zero attached hydrogens (tertiary/aromatic N) is 2. The van der Waals surface area contributed by atoms with Crippen LogP contribution < -0.4 is 19.5 Å². The Bertz CT molecular complexity index is 1350. The molecule has 36 heavy (non-hydrogen) atoms. The van der Waals surface area contributed by atoms with Crippen molar-refractivity contribution in [2.24, 2.45) is 5.73 Å². The van der Waals surface area contributed by atoms with E-state index in [-0.39, 0.29) is 29.7 Å². The molecule has 2 aliphatic rings. The van der Waals surface area contributed by atoms with Gasteiger partial charge in [-0.25, -0.2) is 9.03 Å². The Hall–Kier alpha value is -3.86. The molecule has 0 radical (unpaired) electrons. The van der Waals surface area contributed by atoms with Crippen LogP contribution in [0, 0.1) is 10.8 Å². The van der Waals surface area contributed by atoms with E-state index in [9.17, 15) is 13.2 Å². The maximum atomic E-state index is 12.8. The van der Waals surface area contributed by atoms with E-state index in [4.69, 9.17) is 21.3 Å². The van der Waals surface area contributed by atoms with Crippen LogP contribution >= 0.6 is 0 Å². The molecule has 0 unspecified atom stereocenters. The summed E-state index contributed by atoms with van der Waals surface area (Å²) in [4.78, 5) is 14.6. The number of fused-ring (bicyclic) bond motifs is 1. The van der Waals surface area contributed by atoms with E-state index in [2.05, 4.69) is 4.72 Å². The van der Waals surface area contributed by atoms with Crippen molar-refractivity contribution in [3.63, 3.8) is 0 Å². The fraction of sp³-hybridized carbons (Fsp3) is 0.320. The normalized spacial score (nSPS) is 17.8. The van der Waals surface area contributed by atoms with Gasteiger partial charge in [0.2, 0.25) is 0 Å². The van der Waals surface area contributed by atoms with Gasteiger partial charge in [0.05, 0.1) is 23.6 Å². The number of likely N-dealkylation sites (tertiary alicyclic amines) is 1. The van der Waals surface area contributed by atoms with Gasteiger partial charge in [-0.2, -0.15) is 8.42 Å². The average Bonchev–Trinajstić information content (AvgIpc) is 2.82. The van der Waals surface area contributed by atoms with Gasteiger partial charge < -0.3 is 15.4 Å². The molecule has 10 nitrogen and oxygen atoms in total. The number of hydrogen-bond donors (Lipinski definition) is 4. The van der Waals surface area contributed by atoms with Gasteiger partial charge in [-0.1, -0.05) is 29.8 Å². The third-order valence-electron chi connectivity index (χ3n) is 6.22. The van der Waals surface area contributed by atoms with Crippen molar-refractivity contribution in [2.75, 3.05) is 23.9 Å². The zero-order valence-corrected chi connectivity index (χ0v) is 21.1. The molecule has 5 N–H and O–H groups in total. The summed E-state index contributed by atoms with van der Waals surface area (Å²) in [6.07, 6.45) is 3.29. The number of amides is 1. The highest BCUT2D eigenvalue weighted by Crippen LogP contribution is 2.32. The van der Waals surface area contributed by atoms with Gasteiger partial charge in [-0.3, -0.25) is 15.6 Å². The van der Waals surface area contributed by atoms with E-state index >= 15 is 0 Å². The fourth-order valence-electron chi connectivity index (χ4n) is 4.37. The average molecular weight is 511 g/mol. The molecule has 1 amide bonds. The van der Waals surface area contributed by atoms with Crippen LogP contribution in [0.5, 0.6) is 5.75 Å². The van der Waals surface area contributed by atoms with Crippen LogP contribution in [-0.4, -0.2) is 56.6 Å². The number of hydrogen-bond acceptors (Lipinski definition) is 6. The summed E-state index contributed by atoms with van der Waals surface area (Å²) in [7, 11) is -4.08. The summed E-state index contributed by atoms with van der Waals surface area (Å²) in [5, 5.41) is 15.4. The predicted octanol–water partition coefficient (Wildman–Crippen LogP) is 2.71. The van der Waals surface area contributed by atoms with E-state index in [0.717, 1.165) is 37.1 Å². The van der Waals surface area contributed by atoms with Gasteiger partial charge in [0.15, 0.2) is 0 Å². The van der Waals surface area contributed by atoms with Crippen molar-refractivity contribution in [1.82, 2.24) is 9.62 Å². The Morgan fingerprint density at radius 3 is 2.56 bits per heavy atom. The lowest BCUT2D eigenvalue weighted by Crippen LogP contribution is -2.49. The third kappa shape index (κ3) is 5.51. The molecular weight excluding hydrogens is 480 g/mol. The van der Waals surface area contributed by atoms with Crippen LogP contribution in [0.3, 0.4) is 0 Å². The Morgan fingerprint density at radius 2 is 1.89 bits per heavy atom. The number of anilines is 1. The summed E-state index contributed by atoms with van der Waals surface area (Å²) < 4.78 is 35.0. The third-order valence-corrected chi connectivity index (χ3v) is 7.57. The minimum atomic E-state index is -4.08. The topological polar surface area (TPSA) is 153 Å². The summed E-state index contributed by atoms with van der Waals surface area (Å²) in [5.74, 6) is 0.292. The lowest BCUT2D eigenvalue weighted by molar-refractivity contribution is 0.0977. The van der Waals surface area contributed by atoms with Crippen LogP contribution in [0.4, 0.5) is 5.69 Å². The number of rotatable bonds is 6. The molecule has 0 saturated carbocycles. The van der Waals surface area contributed by atoms with Crippen molar-refractivity contribution in [1.29, 1.82) is 10.8 Å². The molecule has 1 fully saturated rings. The second-order valence-corrected chi connectivity index (χ2v) is 10.6. The smallest absolute Gasteiger partial charge is 0.326 e. The van der Waals surface area contributed by atoms with Crippen LogP contribution in [0.25, 0.3) is 6.08 Å². The number of benzene rings is 2. The van der Waals surface area contributed by atoms with Gasteiger partial charge >= 0.3 is 10.2 Å². The molecule has 11 heteroatoms. The van der Waals surface area contributed by atoms with E-state index < -0.39 is 16.1 Å². The van der Waals surface area contributed by atoms with Crippen molar-refractivity contribution >= 4 is 39.6 Å². The van der Waals surface area contributed by atoms with Crippen LogP contribution in [0.15, 0.2) is 48.0 Å². The first-order chi connectivity index (χ1) is 17.0.